The van der Waals surface area contributed by atoms with E-state index in [1.54, 1.807) is 0 Å². The van der Waals surface area contributed by atoms with Gasteiger partial charge in [-0.25, -0.2) is 0 Å². The molecule has 0 heterocycles. The summed E-state index contributed by atoms with van der Waals surface area (Å²) in [5.74, 6) is 3.62. The average Bonchev–Trinajstić information content (AvgIpc) is 2.14. The van der Waals surface area contributed by atoms with Crippen molar-refractivity contribution in [1.29, 1.82) is 0 Å². The molecule has 0 aromatic carbocycles. The van der Waals surface area contributed by atoms with E-state index in [-0.39, 0.29) is 0 Å². The highest BCUT2D eigenvalue weighted by molar-refractivity contribution is 4.93. The summed E-state index contributed by atoms with van der Waals surface area (Å²) in [6.45, 7) is 19.5. The highest BCUT2D eigenvalue weighted by Crippen LogP contribution is 2.52. The second-order valence-electron chi connectivity index (χ2n) is 8.55. The molecule has 0 heteroatoms. The van der Waals surface area contributed by atoms with Crippen LogP contribution in [0.3, 0.4) is 0 Å². The van der Waals surface area contributed by atoms with Gasteiger partial charge in [0.15, 0.2) is 0 Å². The maximum absolute atomic E-state index is 2.51. The summed E-state index contributed by atoms with van der Waals surface area (Å²) < 4.78 is 0. The third-order valence-corrected chi connectivity index (χ3v) is 5.25. The van der Waals surface area contributed by atoms with Crippen LogP contribution in [0.4, 0.5) is 0 Å². The Balaban J connectivity index is 2.94. The van der Waals surface area contributed by atoms with Gasteiger partial charge in [-0.2, -0.15) is 0 Å². The minimum absolute atomic E-state index is 0.469. The molecular weight excluding hydrogens is 204 g/mol. The first-order valence-electron chi connectivity index (χ1n) is 7.57. The SMILES string of the molecule is CCC1CC(C(C)(C)C)C(C)C(C(C)(C)C)C1. The zero-order valence-corrected chi connectivity index (χ0v) is 13.4. The van der Waals surface area contributed by atoms with Crippen LogP contribution in [0.15, 0.2) is 0 Å². The van der Waals surface area contributed by atoms with Crippen molar-refractivity contribution in [3.05, 3.63) is 0 Å². The summed E-state index contributed by atoms with van der Waals surface area (Å²) in [7, 11) is 0. The lowest BCUT2D eigenvalue weighted by molar-refractivity contribution is -0.00937. The monoisotopic (exact) mass is 238 g/mol. The fourth-order valence-electron chi connectivity index (χ4n) is 4.14. The van der Waals surface area contributed by atoms with Gasteiger partial charge in [-0.05, 0) is 47.3 Å². The van der Waals surface area contributed by atoms with E-state index in [4.69, 9.17) is 0 Å². The van der Waals surface area contributed by atoms with Crippen LogP contribution in [0.5, 0.6) is 0 Å². The molecule has 0 aromatic heterocycles. The molecule has 0 aliphatic heterocycles. The largest absolute Gasteiger partial charge is 0.0651 e. The standard InChI is InChI=1S/C17H34/c1-9-13-10-14(16(3,4)5)12(2)15(11-13)17(6,7)8/h12-15H,9-11H2,1-8H3. The summed E-state index contributed by atoms with van der Waals surface area (Å²) in [6, 6.07) is 0. The maximum atomic E-state index is 2.51. The summed E-state index contributed by atoms with van der Waals surface area (Å²) in [5, 5.41) is 0. The van der Waals surface area contributed by atoms with E-state index in [0.29, 0.717) is 10.8 Å². The topological polar surface area (TPSA) is 0 Å². The van der Waals surface area contributed by atoms with Crippen molar-refractivity contribution in [2.24, 2.45) is 34.5 Å². The Morgan fingerprint density at radius 1 is 0.824 bits per heavy atom. The first kappa shape index (κ1) is 15.1. The molecule has 0 N–H and O–H groups in total. The Morgan fingerprint density at radius 3 is 1.41 bits per heavy atom. The number of hydrogen-bond acceptors (Lipinski definition) is 0. The minimum atomic E-state index is 0.469. The van der Waals surface area contributed by atoms with Crippen LogP contribution < -0.4 is 0 Å². The van der Waals surface area contributed by atoms with Gasteiger partial charge in [-0.3, -0.25) is 0 Å². The molecule has 1 saturated carbocycles. The minimum Gasteiger partial charge on any atom is -0.0651 e. The van der Waals surface area contributed by atoms with Crippen LogP contribution in [-0.4, -0.2) is 0 Å². The predicted molar refractivity (Wildman–Crippen MR) is 78.1 cm³/mol. The van der Waals surface area contributed by atoms with Gasteiger partial charge in [-0.1, -0.05) is 61.8 Å². The van der Waals surface area contributed by atoms with Crippen molar-refractivity contribution < 1.29 is 0 Å². The van der Waals surface area contributed by atoms with Gasteiger partial charge in [0.1, 0.15) is 0 Å². The molecule has 17 heavy (non-hydrogen) atoms. The first-order valence-corrected chi connectivity index (χ1v) is 7.57. The van der Waals surface area contributed by atoms with Crippen LogP contribution in [-0.2, 0) is 0 Å². The second-order valence-corrected chi connectivity index (χ2v) is 8.55. The lowest BCUT2D eigenvalue weighted by Crippen LogP contribution is -2.42. The third kappa shape index (κ3) is 3.48. The quantitative estimate of drug-likeness (QED) is 0.544. The summed E-state index contributed by atoms with van der Waals surface area (Å²) in [4.78, 5) is 0. The zero-order valence-electron chi connectivity index (χ0n) is 13.4. The third-order valence-electron chi connectivity index (χ3n) is 5.25. The van der Waals surface area contributed by atoms with Gasteiger partial charge in [0.05, 0.1) is 0 Å². The van der Waals surface area contributed by atoms with Gasteiger partial charge < -0.3 is 0 Å². The second kappa shape index (κ2) is 4.94. The van der Waals surface area contributed by atoms with Crippen molar-refractivity contribution in [3.63, 3.8) is 0 Å². The summed E-state index contributed by atoms with van der Waals surface area (Å²) in [6.07, 6.45) is 4.27. The van der Waals surface area contributed by atoms with Crippen LogP contribution in [0.1, 0.15) is 74.7 Å². The molecule has 1 aliphatic carbocycles. The Morgan fingerprint density at radius 2 is 1.18 bits per heavy atom. The van der Waals surface area contributed by atoms with Crippen LogP contribution in [0.2, 0.25) is 0 Å². The smallest absolute Gasteiger partial charge is 0.0334 e. The average molecular weight is 238 g/mol. The van der Waals surface area contributed by atoms with E-state index in [1.807, 2.05) is 0 Å². The lowest BCUT2D eigenvalue weighted by Gasteiger charge is -2.50. The van der Waals surface area contributed by atoms with Crippen molar-refractivity contribution in [3.8, 4) is 0 Å². The van der Waals surface area contributed by atoms with Gasteiger partial charge in [0.25, 0.3) is 0 Å². The zero-order chi connectivity index (χ0) is 13.4. The molecule has 2 unspecified atom stereocenters. The number of rotatable bonds is 1. The molecule has 1 rings (SSSR count). The Hall–Kier alpha value is 0. The van der Waals surface area contributed by atoms with E-state index < -0.39 is 0 Å². The van der Waals surface area contributed by atoms with Crippen LogP contribution in [0, 0.1) is 34.5 Å². The summed E-state index contributed by atoms with van der Waals surface area (Å²) in [5.41, 5.74) is 0.938. The highest BCUT2D eigenvalue weighted by atomic mass is 14.5. The molecule has 0 saturated heterocycles. The van der Waals surface area contributed by atoms with E-state index in [1.165, 1.54) is 19.3 Å². The van der Waals surface area contributed by atoms with E-state index in [0.717, 1.165) is 23.7 Å². The Kier molecular flexibility index (Phi) is 4.37. The van der Waals surface area contributed by atoms with E-state index in [2.05, 4.69) is 55.4 Å². The van der Waals surface area contributed by atoms with E-state index in [9.17, 15) is 0 Å². The first-order chi connectivity index (χ1) is 7.57. The van der Waals surface area contributed by atoms with Gasteiger partial charge in [0, 0.05) is 0 Å². The summed E-state index contributed by atoms with van der Waals surface area (Å²) >= 11 is 0. The molecule has 0 bridgehead atoms. The molecule has 2 atom stereocenters. The highest BCUT2D eigenvalue weighted by Gasteiger charge is 2.43. The van der Waals surface area contributed by atoms with Crippen molar-refractivity contribution >= 4 is 0 Å². The molecule has 0 nitrogen and oxygen atoms in total. The fourth-order valence-corrected chi connectivity index (χ4v) is 4.14. The molecule has 0 aromatic rings. The lowest BCUT2D eigenvalue weighted by atomic mass is 9.55. The normalized spacial score (nSPS) is 36.0. The molecule has 0 radical (unpaired) electrons. The van der Waals surface area contributed by atoms with Crippen LogP contribution in [0.25, 0.3) is 0 Å². The molecular formula is C17H34. The molecule has 1 aliphatic rings. The van der Waals surface area contributed by atoms with Gasteiger partial charge in [-0.15, -0.1) is 0 Å². The molecule has 1 fully saturated rings. The Bertz CT molecular complexity index is 214. The fraction of sp³-hybridized carbons (Fsp3) is 1.00. The molecule has 0 spiro atoms. The van der Waals surface area contributed by atoms with Crippen molar-refractivity contribution in [2.45, 2.75) is 74.7 Å². The number of hydrogen-bond donors (Lipinski definition) is 0. The molecule has 102 valence electrons. The Labute approximate surface area is 110 Å². The predicted octanol–water partition coefficient (Wildman–Crippen LogP) is 5.77. The van der Waals surface area contributed by atoms with Gasteiger partial charge >= 0.3 is 0 Å². The maximum Gasteiger partial charge on any atom is -0.0334 e. The van der Waals surface area contributed by atoms with E-state index >= 15 is 0 Å². The van der Waals surface area contributed by atoms with Gasteiger partial charge in [0.2, 0.25) is 0 Å². The van der Waals surface area contributed by atoms with Crippen molar-refractivity contribution in [1.82, 2.24) is 0 Å². The van der Waals surface area contributed by atoms with Crippen molar-refractivity contribution in [2.75, 3.05) is 0 Å². The molecule has 0 amide bonds. The van der Waals surface area contributed by atoms with Crippen LogP contribution >= 0.6 is 0 Å².